The van der Waals surface area contributed by atoms with Crippen molar-refractivity contribution in [2.45, 2.75) is 52.1 Å². The van der Waals surface area contributed by atoms with Crippen molar-refractivity contribution in [3.8, 4) is 0 Å². The zero-order valence-electron chi connectivity index (χ0n) is 12.1. The Bertz CT molecular complexity index is 494. The Hall–Kier alpha value is -0.710. The fourth-order valence-electron chi connectivity index (χ4n) is 1.91. The summed E-state index contributed by atoms with van der Waals surface area (Å²) in [5, 5.41) is 6.85. The first-order valence-electron chi connectivity index (χ1n) is 6.72. The van der Waals surface area contributed by atoms with Gasteiger partial charge in [0.2, 0.25) is 0 Å². The van der Waals surface area contributed by atoms with Crippen LogP contribution in [-0.4, -0.2) is 4.98 Å². The van der Waals surface area contributed by atoms with Crippen molar-refractivity contribution < 1.29 is 0 Å². The lowest BCUT2D eigenvalue weighted by atomic mass is 9.95. The van der Waals surface area contributed by atoms with Gasteiger partial charge in [0.05, 0.1) is 6.04 Å². The second-order valence-electron chi connectivity index (χ2n) is 5.73. The summed E-state index contributed by atoms with van der Waals surface area (Å²) in [5.74, 6) is 0. The van der Waals surface area contributed by atoms with Gasteiger partial charge in [0.15, 0.2) is 0 Å². The molecule has 0 bridgehead atoms. The van der Waals surface area contributed by atoms with Gasteiger partial charge in [-0.15, -0.1) is 22.7 Å². The molecule has 2 heterocycles. The molecular formula is C15H22N2S2. The first-order chi connectivity index (χ1) is 9.00. The molecule has 2 nitrogen and oxygen atoms in total. The van der Waals surface area contributed by atoms with Gasteiger partial charge in [-0.2, -0.15) is 0 Å². The molecule has 0 aliphatic rings. The van der Waals surface area contributed by atoms with Gasteiger partial charge in [-0.25, -0.2) is 4.98 Å². The largest absolute Gasteiger partial charge is 0.303 e. The van der Waals surface area contributed by atoms with E-state index in [1.165, 1.54) is 14.8 Å². The van der Waals surface area contributed by atoms with Crippen molar-refractivity contribution >= 4 is 22.7 Å². The molecule has 0 fully saturated rings. The second kappa shape index (κ2) is 6.16. The third-order valence-electron chi connectivity index (χ3n) is 3.08. The Kier molecular flexibility index (Phi) is 4.76. The van der Waals surface area contributed by atoms with Crippen LogP contribution in [0.3, 0.4) is 0 Å². The van der Waals surface area contributed by atoms with Crippen LogP contribution in [0, 0.1) is 0 Å². The highest BCUT2D eigenvalue weighted by molar-refractivity contribution is 7.12. The number of aromatic nitrogens is 1. The van der Waals surface area contributed by atoms with Crippen molar-refractivity contribution in [1.29, 1.82) is 0 Å². The van der Waals surface area contributed by atoms with Crippen LogP contribution >= 0.6 is 22.7 Å². The van der Waals surface area contributed by atoms with Crippen molar-refractivity contribution in [3.05, 3.63) is 38.5 Å². The van der Waals surface area contributed by atoms with Gasteiger partial charge in [-0.1, -0.05) is 27.7 Å². The van der Waals surface area contributed by atoms with Gasteiger partial charge in [0, 0.05) is 27.9 Å². The summed E-state index contributed by atoms with van der Waals surface area (Å²) < 4.78 is 0. The minimum absolute atomic E-state index is 0.252. The highest BCUT2D eigenvalue weighted by Crippen LogP contribution is 2.30. The third kappa shape index (κ3) is 3.88. The molecule has 0 saturated carbocycles. The van der Waals surface area contributed by atoms with E-state index in [2.05, 4.69) is 50.1 Å². The Balaban J connectivity index is 1.96. The van der Waals surface area contributed by atoms with E-state index in [1.807, 2.05) is 22.9 Å². The van der Waals surface area contributed by atoms with Crippen molar-refractivity contribution in [2.24, 2.45) is 0 Å². The van der Waals surface area contributed by atoms with Crippen LogP contribution < -0.4 is 5.32 Å². The van der Waals surface area contributed by atoms with Crippen LogP contribution in [0.1, 0.15) is 54.9 Å². The lowest BCUT2D eigenvalue weighted by Gasteiger charge is -2.16. The van der Waals surface area contributed by atoms with Crippen LogP contribution in [0.2, 0.25) is 0 Å². The monoisotopic (exact) mass is 294 g/mol. The summed E-state index contributed by atoms with van der Waals surface area (Å²) in [4.78, 5) is 7.26. The van der Waals surface area contributed by atoms with Gasteiger partial charge >= 0.3 is 0 Å². The van der Waals surface area contributed by atoms with Crippen molar-refractivity contribution in [2.75, 3.05) is 0 Å². The molecule has 0 radical (unpaired) electrons. The summed E-state index contributed by atoms with van der Waals surface area (Å²) >= 11 is 3.64. The molecule has 0 aliphatic heterocycles. The predicted octanol–water partition coefficient (Wildman–Crippen LogP) is 4.74. The molecule has 104 valence electrons. The summed E-state index contributed by atoms with van der Waals surface area (Å²) in [6.45, 7) is 9.92. The third-order valence-corrected chi connectivity index (χ3v) is 5.48. The maximum absolute atomic E-state index is 4.40. The lowest BCUT2D eigenvalue weighted by Crippen LogP contribution is -2.19. The van der Waals surface area contributed by atoms with Gasteiger partial charge in [-0.05, 0) is 24.0 Å². The van der Waals surface area contributed by atoms with Crippen LogP contribution in [-0.2, 0) is 12.0 Å². The Labute approximate surface area is 123 Å². The SMILES string of the molecule is CCC(NCc1ccc(C(C)(C)C)s1)c1nccs1. The van der Waals surface area contributed by atoms with Crippen LogP contribution in [0.4, 0.5) is 0 Å². The minimum Gasteiger partial charge on any atom is -0.303 e. The average Bonchev–Trinajstić information content (AvgIpc) is 2.99. The molecule has 2 rings (SSSR count). The van der Waals surface area contributed by atoms with E-state index in [9.17, 15) is 0 Å². The van der Waals surface area contributed by atoms with Crippen LogP contribution in [0.25, 0.3) is 0 Å². The number of nitrogens with one attached hydrogen (secondary N) is 1. The van der Waals surface area contributed by atoms with E-state index < -0.39 is 0 Å². The highest BCUT2D eigenvalue weighted by atomic mass is 32.1. The fraction of sp³-hybridized carbons (Fsp3) is 0.533. The van der Waals surface area contributed by atoms with Crippen LogP contribution in [0.5, 0.6) is 0 Å². The van der Waals surface area contributed by atoms with E-state index in [1.54, 1.807) is 11.3 Å². The molecule has 0 aliphatic carbocycles. The lowest BCUT2D eigenvalue weighted by molar-refractivity contribution is 0.519. The number of hydrogen-bond donors (Lipinski definition) is 1. The molecule has 4 heteroatoms. The molecule has 1 atom stereocenters. The molecule has 1 N–H and O–H groups in total. The zero-order chi connectivity index (χ0) is 13.9. The molecule has 0 saturated heterocycles. The highest BCUT2D eigenvalue weighted by Gasteiger charge is 2.17. The summed E-state index contributed by atoms with van der Waals surface area (Å²) in [6.07, 6.45) is 2.96. The minimum atomic E-state index is 0.252. The quantitative estimate of drug-likeness (QED) is 0.861. The smallest absolute Gasteiger partial charge is 0.109 e. The van der Waals surface area contributed by atoms with E-state index in [4.69, 9.17) is 0 Å². The standard InChI is InChI=1S/C15H22N2S2/c1-5-12(14-16-8-9-18-14)17-10-11-6-7-13(19-11)15(2,3)4/h6-9,12,17H,5,10H2,1-4H3. The second-order valence-corrected chi connectivity index (χ2v) is 7.82. The summed E-state index contributed by atoms with van der Waals surface area (Å²) in [5.41, 5.74) is 0.252. The van der Waals surface area contributed by atoms with E-state index in [-0.39, 0.29) is 5.41 Å². The van der Waals surface area contributed by atoms with Gasteiger partial charge in [-0.3, -0.25) is 0 Å². The zero-order valence-corrected chi connectivity index (χ0v) is 13.7. The normalized spacial score (nSPS) is 13.7. The number of thiophene rings is 1. The topological polar surface area (TPSA) is 24.9 Å². The number of hydrogen-bond acceptors (Lipinski definition) is 4. The first kappa shape index (κ1) is 14.7. The number of nitrogens with zero attached hydrogens (tertiary/aromatic N) is 1. The molecule has 2 aromatic rings. The van der Waals surface area contributed by atoms with Crippen LogP contribution in [0.15, 0.2) is 23.7 Å². The molecular weight excluding hydrogens is 272 g/mol. The molecule has 0 spiro atoms. The maximum atomic E-state index is 4.40. The molecule has 0 amide bonds. The summed E-state index contributed by atoms with van der Waals surface area (Å²) in [7, 11) is 0. The summed E-state index contributed by atoms with van der Waals surface area (Å²) in [6, 6.07) is 4.87. The molecule has 1 unspecified atom stereocenters. The van der Waals surface area contributed by atoms with E-state index in [0.29, 0.717) is 6.04 Å². The predicted molar refractivity (Wildman–Crippen MR) is 85.0 cm³/mol. The number of rotatable bonds is 5. The Morgan fingerprint density at radius 1 is 1.32 bits per heavy atom. The van der Waals surface area contributed by atoms with Gasteiger partial charge < -0.3 is 5.32 Å². The average molecular weight is 294 g/mol. The first-order valence-corrected chi connectivity index (χ1v) is 8.42. The van der Waals surface area contributed by atoms with E-state index >= 15 is 0 Å². The Morgan fingerprint density at radius 3 is 2.63 bits per heavy atom. The van der Waals surface area contributed by atoms with Gasteiger partial charge in [0.1, 0.15) is 5.01 Å². The van der Waals surface area contributed by atoms with Crippen molar-refractivity contribution in [1.82, 2.24) is 10.3 Å². The van der Waals surface area contributed by atoms with Crippen molar-refractivity contribution in [3.63, 3.8) is 0 Å². The molecule has 2 aromatic heterocycles. The van der Waals surface area contributed by atoms with E-state index in [0.717, 1.165) is 13.0 Å². The molecule has 19 heavy (non-hydrogen) atoms. The number of thiazole rings is 1. The molecule has 0 aromatic carbocycles. The fourth-order valence-corrected chi connectivity index (χ4v) is 3.73. The van der Waals surface area contributed by atoms with Gasteiger partial charge in [0.25, 0.3) is 0 Å². The maximum Gasteiger partial charge on any atom is 0.109 e. The Morgan fingerprint density at radius 2 is 2.11 bits per heavy atom.